The largest absolute Gasteiger partial charge is 0.478 e. The van der Waals surface area contributed by atoms with Crippen molar-refractivity contribution in [3.05, 3.63) is 23.8 Å². The van der Waals surface area contributed by atoms with Crippen LogP contribution < -0.4 is 5.32 Å². The number of aliphatic carboxylic acids is 1. The Morgan fingerprint density at radius 2 is 2.14 bits per heavy atom. The number of allylic oxidation sites excluding steroid dienone is 1. The average molecular weight is 296 g/mol. The van der Waals surface area contributed by atoms with Crippen LogP contribution in [0.15, 0.2) is 23.8 Å². The van der Waals surface area contributed by atoms with E-state index in [1.54, 1.807) is 6.08 Å². The fourth-order valence-corrected chi connectivity index (χ4v) is 2.29. The molecule has 1 unspecified atom stereocenters. The number of hydrogen-bond acceptors (Lipinski definition) is 3. The van der Waals surface area contributed by atoms with E-state index < -0.39 is 5.97 Å². The summed E-state index contributed by atoms with van der Waals surface area (Å²) in [5, 5.41) is 12.3. The van der Waals surface area contributed by atoms with Crippen molar-refractivity contribution in [3.8, 4) is 0 Å². The van der Waals surface area contributed by atoms with Gasteiger partial charge in [0.05, 0.1) is 5.57 Å². The second-order valence-corrected chi connectivity index (χ2v) is 4.91. The molecule has 0 saturated carbocycles. The molecule has 0 aromatic heterocycles. The summed E-state index contributed by atoms with van der Waals surface area (Å²) in [6, 6.07) is 0. The van der Waals surface area contributed by atoms with Gasteiger partial charge in [-0.1, -0.05) is 45.9 Å². The van der Waals surface area contributed by atoms with E-state index in [4.69, 9.17) is 5.11 Å². The van der Waals surface area contributed by atoms with E-state index in [9.17, 15) is 4.79 Å². The summed E-state index contributed by atoms with van der Waals surface area (Å²) in [5.74, 6) is -0.369. The normalized spacial score (nSPS) is 17.8. The van der Waals surface area contributed by atoms with Crippen molar-refractivity contribution in [2.24, 2.45) is 5.92 Å². The molecule has 122 valence electrons. The summed E-state index contributed by atoms with van der Waals surface area (Å²) in [7, 11) is 0. The van der Waals surface area contributed by atoms with E-state index in [2.05, 4.69) is 30.1 Å². The molecule has 1 aliphatic carbocycles. The Balaban J connectivity index is 0.00000191. The summed E-state index contributed by atoms with van der Waals surface area (Å²) < 4.78 is 0. The van der Waals surface area contributed by atoms with Gasteiger partial charge in [-0.3, -0.25) is 0 Å². The van der Waals surface area contributed by atoms with Crippen LogP contribution in [0, 0.1) is 5.92 Å². The van der Waals surface area contributed by atoms with Crippen LogP contribution in [0.5, 0.6) is 0 Å². The highest BCUT2D eigenvalue weighted by molar-refractivity contribution is 5.89. The number of nitrogens with zero attached hydrogens (tertiary/aromatic N) is 1. The van der Waals surface area contributed by atoms with Crippen LogP contribution in [0.1, 0.15) is 40.5 Å². The van der Waals surface area contributed by atoms with Crippen molar-refractivity contribution in [3.63, 3.8) is 0 Å². The maximum atomic E-state index is 10.9. The molecule has 2 N–H and O–H groups in total. The lowest BCUT2D eigenvalue weighted by Gasteiger charge is -2.24. The molecular weight excluding hydrogens is 264 g/mol. The van der Waals surface area contributed by atoms with Crippen molar-refractivity contribution in [1.82, 2.24) is 10.2 Å². The molecule has 0 bridgehead atoms. The van der Waals surface area contributed by atoms with Crippen molar-refractivity contribution in [1.29, 1.82) is 0 Å². The van der Waals surface area contributed by atoms with Crippen LogP contribution in [0.4, 0.5) is 0 Å². The van der Waals surface area contributed by atoms with Crippen molar-refractivity contribution in [2.75, 3.05) is 32.7 Å². The first-order valence-electron chi connectivity index (χ1n) is 8.22. The van der Waals surface area contributed by atoms with E-state index in [1.807, 2.05) is 19.9 Å². The topological polar surface area (TPSA) is 52.6 Å². The number of carbonyl (C=O) groups is 1. The minimum absolute atomic E-state index is 0.429. The van der Waals surface area contributed by atoms with Gasteiger partial charge in [-0.25, -0.2) is 4.79 Å². The molecule has 1 aliphatic rings. The van der Waals surface area contributed by atoms with E-state index in [0.717, 1.165) is 45.6 Å². The lowest BCUT2D eigenvalue weighted by atomic mass is 10.0. The third-order valence-electron chi connectivity index (χ3n) is 3.49. The van der Waals surface area contributed by atoms with Gasteiger partial charge >= 0.3 is 5.97 Å². The molecule has 4 nitrogen and oxygen atoms in total. The van der Waals surface area contributed by atoms with Gasteiger partial charge in [0.1, 0.15) is 0 Å². The van der Waals surface area contributed by atoms with Crippen LogP contribution >= 0.6 is 0 Å². The molecule has 1 rings (SSSR count). The Labute approximate surface area is 129 Å². The first-order valence-corrected chi connectivity index (χ1v) is 8.22. The minimum Gasteiger partial charge on any atom is -0.478 e. The van der Waals surface area contributed by atoms with E-state index >= 15 is 0 Å². The summed E-state index contributed by atoms with van der Waals surface area (Å²) >= 11 is 0. The van der Waals surface area contributed by atoms with Gasteiger partial charge in [0.25, 0.3) is 0 Å². The van der Waals surface area contributed by atoms with Gasteiger partial charge in [0.15, 0.2) is 0 Å². The fraction of sp³-hybridized carbons (Fsp3) is 0.706. The third-order valence-corrected chi connectivity index (χ3v) is 3.49. The SMILES string of the molecule is CC.CCNCCN(CC)CC1C=CC(C(=O)O)=CCC1. The molecule has 0 aromatic rings. The molecule has 0 aromatic carbocycles. The molecule has 0 radical (unpaired) electrons. The van der Waals surface area contributed by atoms with Crippen LogP contribution in [-0.4, -0.2) is 48.7 Å². The fourth-order valence-electron chi connectivity index (χ4n) is 2.29. The first-order chi connectivity index (χ1) is 10.2. The second-order valence-electron chi connectivity index (χ2n) is 4.91. The van der Waals surface area contributed by atoms with Crippen molar-refractivity contribution in [2.45, 2.75) is 40.5 Å². The maximum Gasteiger partial charge on any atom is 0.335 e. The maximum absolute atomic E-state index is 10.9. The number of nitrogens with one attached hydrogen (secondary N) is 1. The lowest BCUT2D eigenvalue weighted by molar-refractivity contribution is -0.132. The molecule has 0 fully saturated rings. The highest BCUT2D eigenvalue weighted by atomic mass is 16.4. The highest BCUT2D eigenvalue weighted by Gasteiger charge is 2.14. The first kappa shape index (κ1) is 19.9. The predicted molar refractivity (Wildman–Crippen MR) is 89.6 cm³/mol. The monoisotopic (exact) mass is 296 g/mol. The Morgan fingerprint density at radius 3 is 2.71 bits per heavy atom. The zero-order valence-corrected chi connectivity index (χ0v) is 14.1. The quantitative estimate of drug-likeness (QED) is 0.676. The van der Waals surface area contributed by atoms with Crippen molar-refractivity contribution < 1.29 is 9.90 Å². The van der Waals surface area contributed by atoms with E-state index in [-0.39, 0.29) is 0 Å². The Bertz CT molecular complexity index is 338. The molecule has 1 atom stereocenters. The van der Waals surface area contributed by atoms with Crippen LogP contribution in [0.25, 0.3) is 0 Å². The summed E-state index contributed by atoms with van der Waals surface area (Å²) in [6.45, 7) is 13.4. The van der Waals surface area contributed by atoms with Crippen LogP contribution in [0.2, 0.25) is 0 Å². The summed E-state index contributed by atoms with van der Waals surface area (Å²) in [6.07, 6.45) is 7.53. The molecule has 4 heteroatoms. The van der Waals surface area contributed by atoms with Gasteiger partial charge in [-0.05, 0) is 31.8 Å². The standard InChI is InChI=1S/C15H26N2O2.C2H6/c1-3-16-10-11-17(4-2)12-13-6-5-7-14(9-8-13)15(18)19;1-2/h7-9,13,16H,3-6,10-12H2,1-2H3,(H,18,19);1-2H3. The predicted octanol–water partition coefficient (Wildman–Crippen LogP) is 2.92. The van der Waals surface area contributed by atoms with Gasteiger partial charge < -0.3 is 15.3 Å². The number of hydrogen-bond donors (Lipinski definition) is 2. The summed E-state index contributed by atoms with van der Waals surface area (Å²) in [4.78, 5) is 13.3. The Morgan fingerprint density at radius 1 is 1.43 bits per heavy atom. The Kier molecular flexibility index (Phi) is 11.9. The molecular formula is C17H32N2O2. The van der Waals surface area contributed by atoms with Gasteiger partial charge in [-0.15, -0.1) is 0 Å². The van der Waals surface area contributed by atoms with Crippen LogP contribution in [0.3, 0.4) is 0 Å². The zero-order chi connectivity index (χ0) is 16.1. The minimum atomic E-state index is -0.823. The lowest BCUT2D eigenvalue weighted by Crippen LogP contribution is -2.35. The zero-order valence-electron chi connectivity index (χ0n) is 14.1. The van der Waals surface area contributed by atoms with Crippen LogP contribution in [-0.2, 0) is 4.79 Å². The number of rotatable bonds is 8. The Hall–Kier alpha value is -1.13. The smallest absolute Gasteiger partial charge is 0.335 e. The van der Waals surface area contributed by atoms with E-state index in [0.29, 0.717) is 11.5 Å². The molecule has 0 saturated heterocycles. The van der Waals surface area contributed by atoms with Gasteiger partial charge in [0.2, 0.25) is 0 Å². The molecule has 21 heavy (non-hydrogen) atoms. The molecule has 0 heterocycles. The molecule has 0 aliphatic heterocycles. The number of carboxylic acid groups (broad SMARTS) is 1. The molecule has 0 amide bonds. The highest BCUT2D eigenvalue weighted by Crippen LogP contribution is 2.17. The van der Waals surface area contributed by atoms with E-state index in [1.165, 1.54) is 0 Å². The second kappa shape index (κ2) is 12.6. The third kappa shape index (κ3) is 8.68. The molecule has 0 spiro atoms. The van der Waals surface area contributed by atoms with Gasteiger partial charge in [0, 0.05) is 19.6 Å². The summed E-state index contributed by atoms with van der Waals surface area (Å²) in [5.41, 5.74) is 0.429. The number of carboxylic acids is 1. The average Bonchev–Trinajstić information content (AvgIpc) is 2.74. The number of likely N-dealkylation sites (N-methyl/N-ethyl adjacent to an activating group) is 2. The van der Waals surface area contributed by atoms with Crippen molar-refractivity contribution >= 4 is 5.97 Å². The van der Waals surface area contributed by atoms with Gasteiger partial charge in [-0.2, -0.15) is 0 Å².